The summed E-state index contributed by atoms with van der Waals surface area (Å²) in [5.41, 5.74) is 0.418. The van der Waals surface area contributed by atoms with E-state index in [9.17, 15) is 24.3 Å². The maximum absolute atomic E-state index is 13.8. The van der Waals surface area contributed by atoms with Gasteiger partial charge in [0, 0.05) is 25.6 Å². The van der Waals surface area contributed by atoms with E-state index >= 15 is 0 Å². The van der Waals surface area contributed by atoms with Crippen LogP contribution < -0.4 is 20.7 Å². The summed E-state index contributed by atoms with van der Waals surface area (Å²) in [7, 11) is 1.43. The zero-order valence-electron chi connectivity index (χ0n) is 24.8. The number of benzene rings is 2. The summed E-state index contributed by atoms with van der Waals surface area (Å²) in [5, 5.41) is 18.2. The zero-order chi connectivity index (χ0) is 31.0. The molecule has 0 bridgehead atoms. The molecule has 2 aromatic carbocycles. The van der Waals surface area contributed by atoms with Gasteiger partial charge in [-0.15, -0.1) is 0 Å². The molecule has 0 aliphatic carbocycles. The number of carbonyl (C=O) groups is 4. The van der Waals surface area contributed by atoms with Crippen molar-refractivity contribution in [2.24, 2.45) is 0 Å². The van der Waals surface area contributed by atoms with Crippen molar-refractivity contribution >= 4 is 23.5 Å². The molecule has 2 fully saturated rings. The van der Waals surface area contributed by atoms with Crippen molar-refractivity contribution in [3.8, 4) is 11.5 Å². The normalized spacial score (nSPS) is 20.3. The molecule has 0 aromatic heterocycles. The van der Waals surface area contributed by atoms with E-state index in [0.29, 0.717) is 37.6 Å². The fraction of sp³-hybridized carbons (Fsp3) is 0.484. The van der Waals surface area contributed by atoms with Gasteiger partial charge in [0.05, 0.1) is 39.5 Å². The van der Waals surface area contributed by atoms with Crippen LogP contribution in [-0.2, 0) is 41.5 Å². The summed E-state index contributed by atoms with van der Waals surface area (Å²) in [6.07, 6.45) is 0.233. The molecule has 0 saturated carbocycles. The average Bonchev–Trinajstić information content (AvgIpc) is 3.75. The first-order chi connectivity index (χ1) is 20.6. The minimum Gasteiger partial charge on any atom is -0.508 e. The SMILES string of the molecule is COc1cc(O)ccc1CC(NC(=O)C(C)NC(=O)CN1CCOCC1)C(=O)NC(Cc1ccccc1)C(=O)C1(C)CO1. The smallest absolute Gasteiger partial charge is 0.243 e. The first-order valence-electron chi connectivity index (χ1n) is 14.4. The van der Waals surface area contributed by atoms with Crippen molar-refractivity contribution in [1.82, 2.24) is 20.9 Å². The summed E-state index contributed by atoms with van der Waals surface area (Å²) in [5.74, 6) is -1.44. The number of aromatic hydroxyl groups is 1. The van der Waals surface area contributed by atoms with Crippen LogP contribution in [0.3, 0.4) is 0 Å². The van der Waals surface area contributed by atoms with Gasteiger partial charge in [-0.25, -0.2) is 0 Å². The lowest BCUT2D eigenvalue weighted by Crippen LogP contribution is -2.57. The molecule has 2 heterocycles. The number of methoxy groups -OCH3 is 1. The Morgan fingerprint density at radius 3 is 2.30 bits per heavy atom. The third-order valence-corrected chi connectivity index (χ3v) is 7.58. The molecule has 0 spiro atoms. The summed E-state index contributed by atoms with van der Waals surface area (Å²) >= 11 is 0. The van der Waals surface area contributed by atoms with Crippen LogP contribution in [0.2, 0.25) is 0 Å². The largest absolute Gasteiger partial charge is 0.508 e. The number of morpholine rings is 1. The average molecular weight is 597 g/mol. The van der Waals surface area contributed by atoms with E-state index in [4.69, 9.17) is 14.2 Å². The van der Waals surface area contributed by atoms with E-state index in [1.807, 2.05) is 35.2 Å². The molecule has 43 heavy (non-hydrogen) atoms. The maximum Gasteiger partial charge on any atom is 0.243 e. The van der Waals surface area contributed by atoms with E-state index < -0.39 is 35.5 Å². The Labute approximate surface area is 251 Å². The van der Waals surface area contributed by atoms with Crippen molar-refractivity contribution in [2.45, 2.75) is 50.4 Å². The fourth-order valence-electron chi connectivity index (χ4n) is 4.89. The first-order valence-corrected chi connectivity index (χ1v) is 14.4. The molecule has 4 atom stereocenters. The first kappa shape index (κ1) is 31.9. The second-order valence-electron chi connectivity index (χ2n) is 11.1. The second kappa shape index (κ2) is 14.5. The number of hydrogen-bond acceptors (Lipinski definition) is 9. The molecule has 4 rings (SSSR count). The Hall–Kier alpha value is -4.00. The maximum atomic E-state index is 13.8. The lowest BCUT2D eigenvalue weighted by Gasteiger charge is -2.27. The molecule has 12 heteroatoms. The molecule has 2 aliphatic rings. The molecule has 4 N–H and O–H groups in total. The molecular formula is C31H40N4O8. The van der Waals surface area contributed by atoms with Crippen LogP contribution >= 0.6 is 0 Å². The van der Waals surface area contributed by atoms with Crippen LogP contribution in [-0.4, -0.2) is 104 Å². The number of carbonyl (C=O) groups excluding carboxylic acids is 4. The molecule has 232 valence electrons. The highest BCUT2D eigenvalue weighted by atomic mass is 16.6. The van der Waals surface area contributed by atoms with Crippen LogP contribution in [0.4, 0.5) is 0 Å². The van der Waals surface area contributed by atoms with Crippen molar-refractivity contribution in [2.75, 3.05) is 46.6 Å². The predicted octanol–water partition coefficient (Wildman–Crippen LogP) is 0.351. The number of ether oxygens (including phenoxy) is 3. The number of Topliss-reactive ketones (excluding diaryl/α,β-unsaturated/α-hetero) is 1. The summed E-state index contributed by atoms with van der Waals surface area (Å²) in [4.78, 5) is 55.0. The van der Waals surface area contributed by atoms with Gasteiger partial charge in [-0.2, -0.15) is 0 Å². The van der Waals surface area contributed by atoms with Gasteiger partial charge >= 0.3 is 0 Å². The standard InChI is InChI=1S/C31H40N4O8/c1-20(32-27(37)18-35-11-13-42-14-12-35)29(39)34-25(16-22-9-10-23(36)17-26(22)41-3)30(40)33-24(28(38)31(2)19-43-31)15-21-7-5-4-6-8-21/h4-10,17,20,24-25,36H,11-16,18-19H2,1-3H3,(H,32,37)(H,33,40)(H,34,39). The third kappa shape index (κ3) is 8.99. The van der Waals surface area contributed by atoms with Crippen LogP contribution in [0, 0.1) is 0 Å². The van der Waals surface area contributed by atoms with Crippen molar-refractivity contribution in [1.29, 1.82) is 0 Å². The lowest BCUT2D eigenvalue weighted by molar-refractivity contribution is -0.134. The Balaban J connectivity index is 1.50. The van der Waals surface area contributed by atoms with E-state index in [0.717, 1.165) is 5.56 Å². The van der Waals surface area contributed by atoms with E-state index in [2.05, 4.69) is 16.0 Å². The van der Waals surface area contributed by atoms with Crippen molar-refractivity contribution < 1.29 is 38.5 Å². The van der Waals surface area contributed by atoms with Gasteiger partial charge in [0.1, 0.15) is 29.2 Å². The number of nitrogens with one attached hydrogen (secondary N) is 3. The summed E-state index contributed by atoms with van der Waals surface area (Å²) in [6.45, 7) is 5.94. The van der Waals surface area contributed by atoms with Gasteiger partial charge in [0.2, 0.25) is 17.7 Å². The topological polar surface area (TPSA) is 159 Å². The van der Waals surface area contributed by atoms with Crippen molar-refractivity contribution in [3.05, 3.63) is 59.7 Å². The third-order valence-electron chi connectivity index (χ3n) is 7.58. The number of ketones is 1. The summed E-state index contributed by atoms with van der Waals surface area (Å²) < 4.78 is 16.1. The van der Waals surface area contributed by atoms with Crippen LogP contribution in [0.1, 0.15) is 25.0 Å². The second-order valence-corrected chi connectivity index (χ2v) is 11.1. The van der Waals surface area contributed by atoms with Crippen LogP contribution in [0.25, 0.3) is 0 Å². The van der Waals surface area contributed by atoms with E-state index in [-0.39, 0.29) is 43.4 Å². The number of amides is 3. The van der Waals surface area contributed by atoms with E-state index in [1.165, 1.54) is 26.2 Å². The quantitative estimate of drug-likeness (QED) is 0.226. The molecule has 0 radical (unpaired) electrons. The Kier molecular flexibility index (Phi) is 10.7. The van der Waals surface area contributed by atoms with Gasteiger partial charge < -0.3 is 35.3 Å². The highest BCUT2D eigenvalue weighted by Gasteiger charge is 2.50. The monoisotopic (exact) mass is 596 g/mol. The highest BCUT2D eigenvalue weighted by molar-refractivity contribution is 5.98. The number of phenolic OH excluding ortho intramolecular Hbond substituents is 1. The lowest BCUT2D eigenvalue weighted by atomic mass is 9.94. The zero-order valence-corrected chi connectivity index (χ0v) is 24.8. The number of nitrogens with zero attached hydrogens (tertiary/aromatic N) is 1. The number of rotatable bonds is 14. The van der Waals surface area contributed by atoms with Gasteiger partial charge in [-0.05, 0) is 37.5 Å². The molecular weight excluding hydrogens is 556 g/mol. The molecule has 2 saturated heterocycles. The Morgan fingerprint density at radius 1 is 0.977 bits per heavy atom. The van der Waals surface area contributed by atoms with Gasteiger partial charge in [-0.3, -0.25) is 24.1 Å². The summed E-state index contributed by atoms with van der Waals surface area (Å²) in [6, 6.07) is 10.8. The molecule has 12 nitrogen and oxygen atoms in total. The predicted molar refractivity (Wildman–Crippen MR) is 157 cm³/mol. The molecule has 4 unspecified atom stereocenters. The van der Waals surface area contributed by atoms with Gasteiger partial charge in [0.15, 0.2) is 5.78 Å². The van der Waals surface area contributed by atoms with Crippen LogP contribution in [0.5, 0.6) is 11.5 Å². The van der Waals surface area contributed by atoms with E-state index in [1.54, 1.807) is 13.0 Å². The highest BCUT2D eigenvalue weighted by Crippen LogP contribution is 2.29. The number of phenols is 1. The van der Waals surface area contributed by atoms with Gasteiger partial charge in [-0.1, -0.05) is 36.4 Å². The molecule has 3 amide bonds. The van der Waals surface area contributed by atoms with Crippen molar-refractivity contribution in [3.63, 3.8) is 0 Å². The Morgan fingerprint density at radius 2 is 1.65 bits per heavy atom. The molecule has 2 aromatic rings. The fourth-order valence-corrected chi connectivity index (χ4v) is 4.89. The Bertz CT molecular complexity index is 1290. The minimum atomic E-state index is -1.14. The van der Waals surface area contributed by atoms with Gasteiger partial charge in [0.25, 0.3) is 0 Å². The minimum absolute atomic E-state index is 0.00448. The molecule has 2 aliphatic heterocycles. The van der Waals surface area contributed by atoms with Crippen LogP contribution in [0.15, 0.2) is 48.5 Å². The number of epoxide rings is 1. The number of hydrogen-bond donors (Lipinski definition) is 4.